The zero-order valence-electron chi connectivity index (χ0n) is 17.8. The summed E-state index contributed by atoms with van der Waals surface area (Å²) < 4.78 is 5.29. The molecule has 2 aromatic rings. The van der Waals surface area contributed by atoms with E-state index in [-0.39, 0.29) is 17.9 Å². The largest absolute Gasteiger partial charge is 0.383 e. The van der Waals surface area contributed by atoms with Crippen LogP contribution in [0.15, 0.2) is 29.1 Å². The topological polar surface area (TPSA) is 78.5 Å². The minimum Gasteiger partial charge on any atom is -0.383 e. The van der Waals surface area contributed by atoms with Gasteiger partial charge in [-0.3, -0.25) is 9.59 Å². The molecule has 2 fully saturated rings. The molecule has 0 unspecified atom stereocenters. The van der Waals surface area contributed by atoms with Crippen molar-refractivity contribution in [1.29, 1.82) is 0 Å². The highest BCUT2D eigenvalue weighted by atomic mass is 16.5. The monoisotopic (exact) mass is 412 g/mol. The number of fused-ring (bicyclic) bond motifs is 2. The normalized spacial score (nSPS) is 22.0. The SMILES string of the molecule is COCCN(C[C@@H]1CCCN2CCCC[C@H]12)C(=O)Cc1n[nH]c(=O)c2ccccc12. The summed E-state index contributed by atoms with van der Waals surface area (Å²) in [6.45, 7) is 4.26. The molecule has 2 aliphatic rings. The summed E-state index contributed by atoms with van der Waals surface area (Å²) in [5, 5.41) is 8.06. The van der Waals surface area contributed by atoms with E-state index in [2.05, 4.69) is 15.1 Å². The van der Waals surface area contributed by atoms with Crippen molar-refractivity contribution in [2.24, 2.45) is 5.92 Å². The molecular formula is C23H32N4O3. The van der Waals surface area contributed by atoms with Crippen molar-refractivity contribution in [1.82, 2.24) is 20.0 Å². The van der Waals surface area contributed by atoms with Gasteiger partial charge in [-0.2, -0.15) is 5.10 Å². The number of aromatic nitrogens is 2. The lowest BCUT2D eigenvalue weighted by Gasteiger charge is -2.45. The fourth-order valence-corrected chi connectivity index (χ4v) is 5.15. The Hall–Kier alpha value is -2.25. The van der Waals surface area contributed by atoms with E-state index in [4.69, 9.17) is 4.74 Å². The number of H-pyrrole nitrogens is 1. The molecule has 7 nitrogen and oxygen atoms in total. The molecule has 2 aliphatic heterocycles. The van der Waals surface area contributed by atoms with Crippen molar-refractivity contribution in [3.8, 4) is 0 Å². The second-order valence-corrected chi connectivity index (χ2v) is 8.56. The van der Waals surface area contributed by atoms with E-state index in [1.165, 1.54) is 45.2 Å². The summed E-state index contributed by atoms with van der Waals surface area (Å²) in [5.41, 5.74) is 0.401. The van der Waals surface area contributed by atoms with Crippen LogP contribution in [0.4, 0.5) is 0 Å². The maximum absolute atomic E-state index is 13.3. The van der Waals surface area contributed by atoms with Gasteiger partial charge in [-0.1, -0.05) is 24.6 Å². The summed E-state index contributed by atoms with van der Waals surface area (Å²) >= 11 is 0. The molecule has 0 saturated carbocycles. The molecule has 30 heavy (non-hydrogen) atoms. The van der Waals surface area contributed by atoms with Gasteiger partial charge in [-0.05, 0) is 50.8 Å². The Morgan fingerprint density at radius 2 is 2.00 bits per heavy atom. The van der Waals surface area contributed by atoms with Gasteiger partial charge in [-0.15, -0.1) is 0 Å². The van der Waals surface area contributed by atoms with Crippen molar-refractivity contribution in [3.05, 3.63) is 40.3 Å². The first-order valence-electron chi connectivity index (χ1n) is 11.1. The van der Waals surface area contributed by atoms with Gasteiger partial charge in [0, 0.05) is 31.6 Å². The molecule has 0 aliphatic carbocycles. The average Bonchev–Trinajstić information content (AvgIpc) is 2.78. The number of ether oxygens (including phenoxy) is 1. The van der Waals surface area contributed by atoms with Gasteiger partial charge in [0.05, 0.1) is 24.1 Å². The molecule has 3 heterocycles. The van der Waals surface area contributed by atoms with E-state index in [0.29, 0.717) is 36.2 Å². The van der Waals surface area contributed by atoms with Crippen LogP contribution in [0.2, 0.25) is 0 Å². The molecule has 1 aromatic heterocycles. The molecule has 2 saturated heterocycles. The number of carbonyl (C=O) groups excluding carboxylic acids is 1. The Kier molecular flexibility index (Phi) is 6.79. The minimum atomic E-state index is -0.224. The first-order chi connectivity index (χ1) is 14.7. The Labute approximate surface area is 177 Å². The highest BCUT2D eigenvalue weighted by Crippen LogP contribution is 2.31. The first kappa shape index (κ1) is 21.0. The van der Waals surface area contributed by atoms with Crippen LogP contribution in [0.5, 0.6) is 0 Å². The van der Waals surface area contributed by atoms with Gasteiger partial charge in [0.25, 0.3) is 5.56 Å². The lowest BCUT2D eigenvalue weighted by Crippen LogP contribution is -2.52. The minimum absolute atomic E-state index is 0.0460. The van der Waals surface area contributed by atoms with Crippen LogP contribution in [-0.4, -0.2) is 71.8 Å². The summed E-state index contributed by atoms with van der Waals surface area (Å²) in [4.78, 5) is 29.9. The lowest BCUT2D eigenvalue weighted by atomic mass is 9.83. The lowest BCUT2D eigenvalue weighted by molar-refractivity contribution is -0.132. The van der Waals surface area contributed by atoms with E-state index >= 15 is 0 Å². The Bertz CT molecular complexity index is 926. The van der Waals surface area contributed by atoms with Crippen molar-refractivity contribution < 1.29 is 9.53 Å². The van der Waals surface area contributed by atoms with Crippen LogP contribution in [-0.2, 0) is 16.0 Å². The van der Waals surface area contributed by atoms with Crippen LogP contribution in [0.3, 0.4) is 0 Å². The third-order valence-electron chi connectivity index (χ3n) is 6.70. The summed E-state index contributed by atoms with van der Waals surface area (Å²) in [6, 6.07) is 7.93. The summed E-state index contributed by atoms with van der Waals surface area (Å²) in [7, 11) is 1.67. The number of aromatic amines is 1. The van der Waals surface area contributed by atoms with Gasteiger partial charge in [0.15, 0.2) is 0 Å². The molecule has 2 atom stereocenters. The van der Waals surface area contributed by atoms with Crippen molar-refractivity contribution in [2.75, 3.05) is 39.9 Å². The number of hydrogen-bond donors (Lipinski definition) is 1. The standard InChI is InChI=1S/C23H32N4O3/c1-30-14-13-27(16-17-7-6-12-26-11-5-4-10-21(17)26)22(28)15-20-18-8-2-3-9-19(18)23(29)25-24-20/h2-3,8-9,17,21H,4-7,10-16H2,1H3,(H,25,29)/t17-,21+/m0/s1. The molecule has 0 bridgehead atoms. The molecule has 162 valence electrons. The molecule has 0 radical (unpaired) electrons. The maximum atomic E-state index is 13.3. The van der Waals surface area contributed by atoms with E-state index in [0.717, 1.165) is 11.9 Å². The third-order valence-corrected chi connectivity index (χ3v) is 6.70. The second kappa shape index (κ2) is 9.71. The van der Waals surface area contributed by atoms with Crippen LogP contribution < -0.4 is 5.56 Å². The number of methoxy groups -OCH3 is 1. The van der Waals surface area contributed by atoms with Gasteiger partial charge in [0.2, 0.25) is 5.91 Å². The maximum Gasteiger partial charge on any atom is 0.272 e. The van der Waals surface area contributed by atoms with Gasteiger partial charge in [-0.25, -0.2) is 5.10 Å². The Balaban J connectivity index is 1.51. The fraction of sp³-hybridized carbons (Fsp3) is 0.609. The number of carbonyl (C=O) groups is 1. The predicted molar refractivity (Wildman–Crippen MR) is 116 cm³/mol. The molecule has 0 spiro atoms. The van der Waals surface area contributed by atoms with Crippen molar-refractivity contribution in [3.63, 3.8) is 0 Å². The smallest absolute Gasteiger partial charge is 0.272 e. The Morgan fingerprint density at radius 1 is 1.20 bits per heavy atom. The highest BCUT2D eigenvalue weighted by Gasteiger charge is 2.34. The Morgan fingerprint density at radius 3 is 2.83 bits per heavy atom. The number of hydrogen-bond acceptors (Lipinski definition) is 5. The second-order valence-electron chi connectivity index (χ2n) is 8.56. The van der Waals surface area contributed by atoms with Crippen molar-refractivity contribution in [2.45, 2.75) is 44.6 Å². The number of amides is 1. The molecular weight excluding hydrogens is 380 g/mol. The summed E-state index contributed by atoms with van der Waals surface area (Å²) in [6.07, 6.45) is 6.39. The molecule has 4 rings (SSSR count). The van der Waals surface area contributed by atoms with Gasteiger partial charge >= 0.3 is 0 Å². The first-order valence-corrected chi connectivity index (χ1v) is 11.1. The van der Waals surface area contributed by atoms with E-state index in [9.17, 15) is 9.59 Å². The zero-order valence-corrected chi connectivity index (χ0v) is 17.8. The molecule has 1 aromatic carbocycles. The van der Waals surface area contributed by atoms with Gasteiger partial charge in [0.1, 0.15) is 0 Å². The van der Waals surface area contributed by atoms with Crippen LogP contribution >= 0.6 is 0 Å². The molecule has 7 heteroatoms. The quantitative estimate of drug-likeness (QED) is 0.754. The predicted octanol–water partition coefficient (Wildman–Crippen LogP) is 2.21. The highest BCUT2D eigenvalue weighted by molar-refractivity contribution is 5.88. The number of piperidine rings is 2. The van der Waals surface area contributed by atoms with E-state index in [1.807, 2.05) is 23.1 Å². The zero-order chi connectivity index (χ0) is 20.9. The third kappa shape index (κ3) is 4.57. The number of rotatable bonds is 7. The number of nitrogens with zero attached hydrogens (tertiary/aromatic N) is 3. The molecule has 1 N–H and O–H groups in total. The van der Waals surface area contributed by atoms with E-state index < -0.39 is 0 Å². The van der Waals surface area contributed by atoms with Crippen LogP contribution in [0.25, 0.3) is 10.8 Å². The van der Waals surface area contributed by atoms with Crippen molar-refractivity contribution >= 4 is 16.7 Å². The van der Waals surface area contributed by atoms with Gasteiger partial charge < -0.3 is 14.5 Å². The average molecular weight is 413 g/mol. The van der Waals surface area contributed by atoms with Crippen LogP contribution in [0.1, 0.15) is 37.8 Å². The fourth-order valence-electron chi connectivity index (χ4n) is 5.15. The summed E-state index contributed by atoms with van der Waals surface area (Å²) in [5.74, 6) is 0.560. The van der Waals surface area contributed by atoms with E-state index in [1.54, 1.807) is 13.2 Å². The van der Waals surface area contributed by atoms with Crippen LogP contribution in [0, 0.1) is 5.92 Å². The molecule has 1 amide bonds. The number of benzene rings is 1. The number of nitrogens with one attached hydrogen (secondary N) is 1.